The van der Waals surface area contributed by atoms with Crippen molar-refractivity contribution in [2.45, 2.75) is 10.8 Å². The van der Waals surface area contributed by atoms with E-state index in [2.05, 4.69) is 10.1 Å². The second kappa shape index (κ2) is 5.90. The van der Waals surface area contributed by atoms with Gasteiger partial charge in [0.25, 0.3) is 5.89 Å². The van der Waals surface area contributed by atoms with Gasteiger partial charge in [-0.25, -0.2) is 8.42 Å². The van der Waals surface area contributed by atoms with E-state index in [0.29, 0.717) is 17.1 Å². The second-order valence-electron chi connectivity index (χ2n) is 4.54. The fourth-order valence-electron chi connectivity index (χ4n) is 1.72. The Hall–Kier alpha value is -2.19. The highest BCUT2D eigenvalue weighted by Crippen LogP contribution is 2.27. The van der Waals surface area contributed by atoms with Crippen molar-refractivity contribution < 1.29 is 17.7 Å². The molecule has 0 aliphatic carbocycles. The van der Waals surface area contributed by atoms with E-state index in [0.717, 1.165) is 17.6 Å². The van der Waals surface area contributed by atoms with Crippen LogP contribution >= 0.6 is 11.3 Å². The van der Waals surface area contributed by atoms with Gasteiger partial charge in [-0.1, -0.05) is 23.4 Å². The van der Waals surface area contributed by atoms with Crippen LogP contribution in [-0.4, -0.2) is 24.8 Å². The van der Waals surface area contributed by atoms with Crippen molar-refractivity contribution in [1.82, 2.24) is 10.1 Å². The lowest BCUT2D eigenvalue weighted by molar-refractivity contribution is 0.287. The third-order valence-corrected chi connectivity index (χ3v) is 5.53. The number of hydrogen-bond acceptors (Lipinski definition) is 7. The van der Waals surface area contributed by atoms with Crippen LogP contribution in [0.15, 0.2) is 50.5 Å². The third kappa shape index (κ3) is 3.34. The maximum absolute atomic E-state index is 11.5. The van der Waals surface area contributed by atoms with Gasteiger partial charge in [-0.05, 0) is 18.2 Å². The maximum atomic E-state index is 11.5. The summed E-state index contributed by atoms with van der Waals surface area (Å²) in [7, 11) is -3.23. The molecule has 0 aliphatic rings. The van der Waals surface area contributed by atoms with Gasteiger partial charge >= 0.3 is 0 Å². The van der Waals surface area contributed by atoms with Crippen LogP contribution in [-0.2, 0) is 16.4 Å². The van der Waals surface area contributed by atoms with Gasteiger partial charge in [0.2, 0.25) is 5.82 Å². The van der Waals surface area contributed by atoms with Crippen molar-refractivity contribution in [3.8, 4) is 17.2 Å². The van der Waals surface area contributed by atoms with Crippen LogP contribution in [0.3, 0.4) is 0 Å². The van der Waals surface area contributed by atoms with Gasteiger partial charge in [0, 0.05) is 11.6 Å². The number of aromatic nitrogens is 2. The maximum Gasteiger partial charge on any atom is 0.258 e. The van der Waals surface area contributed by atoms with Crippen molar-refractivity contribution in [1.29, 1.82) is 0 Å². The third-order valence-electron chi connectivity index (χ3n) is 2.77. The Morgan fingerprint density at radius 3 is 2.73 bits per heavy atom. The van der Waals surface area contributed by atoms with Gasteiger partial charge in [-0.2, -0.15) is 4.98 Å². The summed E-state index contributed by atoms with van der Waals surface area (Å²) in [5, 5.41) is 5.50. The van der Waals surface area contributed by atoms with Crippen molar-refractivity contribution in [3.05, 3.63) is 47.6 Å². The summed E-state index contributed by atoms with van der Waals surface area (Å²) in [6, 6.07) is 10.8. The van der Waals surface area contributed by atoms with Crippen LogP contribution in [0.5, 0.6) is 5.75 Å². The monoisotopic (exact) mass is 336 g/mol. The van der Waals surface area contributed by atoms with E-state index in [1.54, 1.807) is 5.38 Å². The predicted octanol–water partition coefficient (Wildman–Crippen LogP) is 2.78. The van der Waals surface area contributed by atoms with E-state index in [9.17, 15) is 8.42 Å². The molecular weight excluding hydrogens is 324 g/mol. The summed E-state index contributed by atoms with van der Waals surface area (Å²) in [5.41, 5.74) is 0.587. The molecule has 0 unspecified atom stereocenters. The molecule has 0 saturated heterocycles. The molecule has 0 saturated carbocycles. The van der Waals surface area contributed by atoms with E-state index in [-0.39, 0.29) is 16.7 Å². The summed E-state index contributed by atoms with van der Waals surface area (Å²) >= 11 is 1.12. The number of para-hydroxylation sites is 1. The molecule has 0 bridgehead atoms. The van der Waals surface area contributed by atoms with Crippen LogP contribution in [0.2, 0.25) is 0 Å². The molecule has 0 amide bonds. The first-order valence-corrected chi connectivity index (χ1v) is 9.09. The number of thiophene rings is 1. The highest BCUT2D eigenvalue weighted by molar-refractivity contribution is 7.92. The summed E-state index contributed by atoms with van der Waals surface area (Å²) in [6.45, 7) is 0.177. The standard InChI is InChI=1S/C14H12N2O4S2/c1-22(17,18)13-7-10(9-21-13)14-15-12(16-20-14)8-19-11-5-3-2-4-6-11/h2-7,9H,8H2,1H3. The van der Waals surface area contributed by atoms with Gasteiger partial charge in [0.05, 0.1) is 5.56 Å². The number of benzene rings is 1. The van der Waals surface area contributed by atoms with Crippen LogP contribution in [0, 0.1) is 0 Å². The summed E-state index contributed by atoms with van der Waals surface area (Å²) in [5.74, 6) is 1.38. The summed E-state index contributed by atoms with van der Waals surface area (Å²) in [6.07, 6.45) is 1.16. The fraction of sp³-hybridized carbons (Fsp3) is 0.143. The van der Waals surface area contributed by atoms with Crippen LogP contribution in [0.1, 0.15) is 5.82 Å². The van der Waals surface area contributed by atoms with E-state index >= 15 is 0 Å². The molecule has 3 aromatic rings. The van der Waals surface area contributed by atoms with Crippen molar-refractivity contribution in [2.75, 3.05) is 6.26 Å². The Kier molecular flexibility index (Phi) is 3.95. The molecule has 0 N–H and O–H groups in total. The molecule has 0 spiro atoms. The topological polar surface area (TPSA) is 82.3 Å². The Balaban J connectivity index is 1.72. The molecule has 1 aromatic carbocycles. The molecule has 8 heteroatoms. The minimum absolute atomic E-state index is 0.177. The molecule has 0 atom stereocenters. The Bertz CT molecular complexity index is 869. The van der Waals surface area contributed by atoms with Crippen molar-refractivity contribution >= 4 is 21.2 Å². The highest BCUT2D eigenvalue weighted by atomic mass is 32.2. The lowest BCUT2D eigenvalue weighted by Gasteiger charge is -2.01. The fourth-order valence-corrected chi connectivity index (χ4v) is 3.51. The first-order valence-electron chi connectivity index (χ1n) is 6.32. The zero-order valence-corrected chi connectivity index (χ0v) is 13.2. The van der Waals surface area contributed by atoms with E-state index in [1.165, 1.54) is 6.07 Å². The second-order valence-corrected chi connectivity index (χ2v) is 7.70. The molecule has 0 radical (unpaired) electrons. The van der Waals surface area contributed by atoms with E-state index < -0.39 is 9.84 Å². The number of sulfone groups is 1. The number of nitrogens with zero attached hydrogens (tertiary/aromatic N) is 2. The zero-order valence-electron chi connectivity index (χ0n) is 11.6. The quantitative estimate of drug-likeness (QED) is 0.712. The number of hydrogen-bond donors (Lipinski definition) is 0. The Morgan fingerprint density at radius 1 is 1.27 bits per heavy atom. The van der Waals surface area contributed by atoms with Crippen LogP contribution in [0.25, 0.3) is 11.5 Å². The van der Waals surface area contributed by atoms with E-state index in [4.69, 9.17) is 9.26 Å². The first-order chi connectivity index (χ1) is 10.5. The first kappa shape index (κ1) is 14.7. The largest absolute Gasteiger partial charge is 0.485 e. The number of ether oxygens (including phenoxy) is 1. The predicted molar refractivity (Wildman–Crippen MR) is 81.5 cm³/mol. The average molecular weight is 336 g/mol. The van der Waals surface area contributed by atoms with Gasteiger partial charge in [-0.3, -0.25) is 0 Å². The Morgan fingerprint density at radius 2 is 2.05 bits per heavy atom. The minimum Gasteiger partial charge on any atom is -0.485 e. The van der Waals surface area contributed by atoms with Crippen molar-refractivity contribution in [3.63, 3.8) is 0 Å². The van der Waals surface area contributed by atoms with Crippen LogP contribution < -0.4 is 4.74 Å². The molecular formula is C14H12N2O4S2. The summed E-state index contributed by atoms with van der Waals surface area (Å²) in [4.78, 5) is 4.20. The normalized spacial score (nSPS) is 11.5. The molecule has 0 aliphatic heterocycles. The number of rotatable bonds is 5. The van der Waals surface area contributed by atoms with E-state index in [1.807, 2.05) is 30.3 Å². The molecule has 2 aromatic heterocycles. The smallest absolute Gasteiger partial charge is 0.258 e. The van der Waals surface area contributed by atoms with Crippen molar-refractivity contribution in [2.24, 2.45) is 0 Å². The molecule has 3 rings (SSSR count). The average Bonchev–Trinajstić information content (AvgIpc) is 3.14. The lowest BCUT2D eigenvalue weighted by Crippen LogP contribution is -1.97. The molecule has 2 heterocycles. The summed E-state index contributed by atoms with van der Waals surface area (Å²) < 4.78 is 33.9. The highest BCUT2D eigenvalue weighted by Gasteiger charge is 2.15. The minimum atomic E-state index is -3.23. The molecule has 22 heavy (non-hydrogen) atoms. The lowest BCUT2D eigenvalue weighted by atomic mass is 10.3. The van der Waals surface area contributed by atoms with Crippen LogP contribution in [0.4, 0.5) is 0 Å². The molecule has 114 valence electrons. The molecule has 0 fully saturated rings. The SMILES string of the molecule is CS(=O)(=O)c1cc(-c2nc(COc3ccccc3)no2)cs1. The van der Waals surface area contributed by atoms with Gasteiger partial charge in [0.1, 0.15) is 9.96 Å². The Labute approximate surface area is 131 Å². The van der Waals surface area contributed by atoms with Gasteiger partial charge in [-0.15, -0.1) is 11.3 Å². The van der Waals surface area contributed by atoms with Gasteiger partial charge in [0.15, 0.2) is 16.4 Å². The molecule has 6 nitrogen and oxygen atoms in total. The van der Waals surface area contributed by atoms with Gasteiger partial charge < -0.3 is 9.26 Å². The zero-order chi connectivity index (χ0) is 15.6.